The van der Waals surface area contributed by atoms with Gasteiger partial charge in [0.25, 0.3) is 0 Å². The van der Waals surface area contributed by atoms with Crippen LogP contribution in [0.2, 0.25) is 5.02 Å². The Bertz CT molecular complexity index is 324. The summed E-state index contributed by atoms with van der Waals surface area (Å²) in [6.45, 7) is 1.55. The van der Waals surface area contributed by atoms with Crippen LogP contribution in [0.1, 0.15) is 10.8 Å². The zero-order valence-electron chi connectivity index (χ0n) is 7.57. The van der Waals surface area contributed by atoms with E-state index < -0.39 is 0 Å². The number of benzene rings is 1. The molecule has 1 heterocycles. The van der Waals surface area contributed by atoms with E-state index in [2.05, 4.69) is 0 Å². The minimum Gasteiger partial charge on any atom is -0.506 e. The summed E-state index contributed by atoms with van der Waals surface area (Å²) in [5, 5.41) is 10.0. The van der Waals surface area contributed by atoms with Gasteiger partial charge in [-0.05, 0) is 17.7 Å². The minimum atomic E-state index is 0.136. The lowest BCUT2D eigenvalue weighted by atomic mass is 10.1. The molecule has 14 heavy (non-hydrogen) atoms. The van der Waals surface area contributed by atoms with Crippen molar-refractivity contribution in [3.8, 4) is 5.75 Å². The molecule has 1 aliphatic heterocycles. The van der Waals surface area contributed by atoms with Crippen LogP contribution in [0.15, 0.2) is 18.2 Å². The first-order valence-corrected chi connectivity index (χ1v) is 5.88. The SMILES string of the molecule is Oc1ccc(C2COCCS2)cc1Cl. The summed E-state index contributed by atoms with van der Waals surface area (Å²) in [5.74, 6) is 1.15. The Balaban J connectivity index is 2.18. The molecule has 4 heteroatoms. The van der Waals surface area contributed by atoms with E-state index in [1.54, 1.807) is 6.07 Å². The van der Waals surface area contributed by atoms with E-state index in [0.29, 0.717) is 10.3 Å². The van der Waals surface area contributed by atoms with Gasteiger partial charge in [-0.1, -0.05) is 17.7 Å². The van der Waals surface area contributed by atoms with Gasteiger partial charge in [0.15, 0.2) is 0 Å². The highest BCUT2D eigenvalue weighted by molar-refractivity contribution is 7.99. The molecule has 1 fully saturated rings. The van der Waals surface area contributed by atoms with Gasteiger partial charge in [0.1, 0.15) is 5.75 Å². The van der Waals surface area contributed by atoms with E-state index in [1.807, 2.05) is 23.9 Å². The predicted octanol–water partition coefficient (Wildman–Crippen LogP) is 2.85. The number of aromatic hydroxyl groups is 1. The van der Waals surface area contributed by atoms with Gasteiger partial charge in [-0.25, -0.2) is 0 Å². The van der Waals surface area contributed by atoms with E-state index >= 15 is 0 Å². The molecular weight excluding hydrogens is 220 g/mol. The normalized spacial score (nSPS) is 22.2. The number of hydrogen-bond acceptors (Lipinski definition) is 3. The molecule has 0 radical (unpaired) electrons. The molecule has 1 aliphatic rings. The second-order valence-electron chi connectivity index (χ2n) is 3.15. The standard InChI is InChI=1S/C10H11ClO2S/c11-8-5-7(1-2-9(8)12)10-6-13-3-4-14-10/h1-2,5,10,12H,3-4,6H2. The first kappa shape index (κ1) is 10.1. The first-order chi connectivity index (χ1) is 6.77. The highest BCUT2D eigenvalue weighted by atomic mass is 35.5. The van der Waals surface area contributed by atoms with E-state index in [4.69, 9.17) is 16.3 Å². The number of rotatable bonds is 1. The molecule has 0 bridgehead atoms. The van der Waals surface area contributed by atoms with Gasteiger partial charge in [0.05, 0.1) is 23.5 Å². The van der Waals surface area contributed by atoms with Crippen LogP contribution >= 0.6 is 23.4 Å². The van der Waals surface area contributed by atoms with Gasteiger partial charge >= 0.3 is 0 Å². The fourth-order valence-electron chi connectivity index (χ4n) is 1.40. The monoisotopic (exact) mass is 230 g/mol. The summed E-state index contributed by atoms with van der Waals surface area (Å²) in [6, 6.07) is 5.34. The van der Waals surface area contributed by atoms with Gasteiger partial charge in [0, 0.05) is 5.75 Å². The number of halogens is 1. The average molecular weight is 231 g/mol. The van der Waals surface area contributed by atoms with Crippen molar-refractivity contribution in [3.05, 3.63) is 28.8 Å². The number of phenolic OH excluding ortho intramolecular Hbond substituents is 1. The van der Waals surface area contributed by atoms with Gasteiger partial charge in [-0.15, -0.1) is 11.8 Å². The Labute approximate surface area is 92.2 Å². The maximum absolute atomic E-state index is 9.27. The lowest BCUT2D eigenvalue weighted by molar-refractivity contribution is 0.143. The van der Waals surface area contributed by atoms with Crippen LogP contribution in [0.3, 0.4) is 0 Å². The minimum absolute atomic E-state index is 0.136. The van der Waals surface area contributed by atoms with E-state index in [0.717, 1.165) is 24.5 Å². The van der Waals surface area contributed by atoms with Gasteiger partial charge < -0.3 is 9.84 Å². The molecule has 0 saturated carbocycles. The largest absolute Gasteiger partial charge is 0.506 e. The summed E-state index contributed by atoms with van der Waals surface area (Å²) in [5.41, 5.74) is 1.12. The highest BCUT2D eigenvalue weighted by Crippen LogP contribution is 2.35. The Morgan fingerprint density at radius 1 is 1.50 bits per heavy atom. The number of thioether (sulfide) groups is 1. The van der Waals surface area contributed by atoms with Crippen molar-refractivity contribution in [3.63, 3.8) is 0 Å². The summed E-state index contributed by atoms with van der Waals surface area (Å²) in [4.78, 5) is 0. The Kier molecular flexibility index (Phi) is 3.21. The Hall–Kier alpha value is -0.380. The van der Waals surface area contributed by atoms with Gasteiger partial charge in [-0.3, -0.25) is 0 Å². The maximum Gasteiger partial charge on any atom is 0.134 e. The van der Waals surface area contributed by atoms with Crippen molar-refractivity contribution < 1.29 is 9.84 Å². The fourth-order valence-corrected chi connectivity index (χ4v) is 2.62. The third kappa shape index (κ3) is 2.16. The van der Waals surface area contributed by atoms with E-state index in [9.17, 15) is 5.11 Å². The molecule has 2 rings (SSSR count). The molecule has 0 aliphatic carbocycles. The molecule has 0 spiro atoms. The third-order valence-electron chi connectivity index (χ3n) is 2.16. The smallest absolute Gasteiger partial charge is 0.134 e. The molecule has 1 unspecified atom stereocenters. The summed E-state index contributed by atoms with van der Waals surface area (Å²) in [6.07, 6.45) is 0. The van der Waals surface area contributed by atoms with Crippen LogP contribution in [0.25, 0.3) is 0 Å². The van der Waals surface area contributed by atoms with Crippen molar-refractivity contribution in [2.45, 2.75) is 5.25 Å². The second-order valence-corrected chi connectivity index (χ2v) is 4.86. The molecule has 76 valence electrons. The van der Waals surface area contributed by atoms with Crippen molar-refractivity contribution in [2.24, 2.45) is 0 Å². The number of hydrogen-bond donors (Lipinski definition) is 1. The molecule has 2 nitrogen and oxygen atoms in total. The fraction of sp³-hybridized carbons (Fsp3) is 0.400. The van der Waals surface area contributed by atoms with Gasteiger partial charge in [-0.2, -0.15) is 0 Å². The average Bonchev–Trinajstić information content (AvgIpc) is 2.23. The summed E-state index contributed by atoms with van der Waals surface area (Å²) in [7, 11) is 0. The van der Waals surface area contributed by atoms with Crippen LogP contribution in [0, 0.1) is 0 Å². The lowest BCUT2D eigenvalue weighted by Crippen LogP contribution is -2.14. The second kappa shape index (κ2) is 4.43. The number of ether oxygens (including phenoxy) is 1. The van der Waals surface area contributed by atoms with Crippen molar-refractivity contribution in [2.75, 3.05) is 19.0 Å². The Morgan fingerprint density at radius 2 is 2.36 bits per heavy atom. The highest BCUT2D eigenvalue weighted by Gasteiger charge is 2.17. The Morgan fingerprint density at radius 3 is 3.00 bits per heavy atom. The molecule has 1 aromatic carbocycles. The molecule has 1 atom stereocenters. The lowest BCUT2D eigenvalue weighted by Gasteiger charge is -2.22. The topological polar surface area (TPSA) is 29.5 Å². The van der Waals surface area contributed by atoms with E-state index in [-0.39, 0.29) is 5.75 Å². The molecule has 0 amide bonds. The summed E-state index contributed by atoms with van der Waals surface area (Å²) >= 11 is 7.70. The summed E-state index contributed by atoms with van der Waals surface area (Å²) < 4.78 is 5.38. The van der Waals surface area contributed by atoms with Crippen LogP contribution in [-0.2, 0) is 4.74 Å². The molecule has 0 aromatic heterocycles. The van der Waals surface area contributed by atoms with Crippen LogP contribution in [0.4, 0.5) is 0 Å². The third-order valence-corrected chi connectivity index (χ3v) is 3.68. The van der Waals surface area contributed by atoms with E-state index in [1.165, 1.54) is 0 Å². The maximum atomic E-state index is 9.27. The van der Waals surface area contributed by atoms with Crippen LogP contribution < -0.4 is 0 Å². The molecule has 1 saturated heterocycles. The predicted molar refractivity (Wildman–Crippen MR) is 59.1 cm³/mol. The van der Waals surface area contributed by atoms with Crippen molar-refractivity contribution in [1.82, 2.24) is 0 Å². The zero-order chi connectivity index (χ0) is 9.97. The molecule has 1 aromatic rings. The number of phenols is 1. The van der Waals surface area contributed by atoms with Crippen LogP contribution in [-0.4, -0.2) is 24.1 Å². The molecule has 1 N–H and O–H groups in total. The first-order valence-electron chi connectivity index (χ1n) is 4.45. The van der Waals surface area contributed by atoms with Crippen LogP contribution in [0.5, 0.6) is 5.75 Å². The van der Waals surface area contributed by atoms with Crippen molar-refractivity contribution in [1.29, 1.82) is 0 Å². The molecular formula is C10H11ClO2S. The van der Waals surface area contributed by atoms with Crippen molar-refractivity contribution >= 4 is 23.4 Å². The zero-order valence-corrected chi connectivity index (χ0v) is 9.14. The quantitative estimate of drug-likeness (QED) is 0.805. The van der Waals surface area contributed by atoms with Gasteiger partial charge in [0.2, 0.25) is 0 Å².